The number of likely N-dealkylation sites (tertiary alicyclic amines) is 1. The Morgan fingerprint density at radius 2 is 2.00 bits per heavy atom. The maximum absolute atomic E-state index is 13.0. The number of hydrogen-bond donors (Lipinski definition) is 1. The Labute approximate surface area is 166 Å². The lowest BCUT2D eigenvalue weighted by Crippen LogP contribution is -2.37. The van der Waals surface area contributed by atoms with Crippen molar-refractivity contribution in [2.24, 2.45) is 5.92 Å². The number of nitrogens with one attached hydrogen (secondary N) is 1. The summed E-state index contributed by atoms with van der Waals surface area (Å²) in [5.74, 6) is -0.357. The number of rotatable bonds is 7. The molecule has 1 aromatic carbocycles. The molecule has 1 aliphatic heterocycles. The lowest BCUT2D eigenvalue weighted by Gasteiger charge is -2.22. The van der Waals surface area contributed by atoms with Crippen LogP contribution in [0.15, 0.2) is 48.8 Å². The fourth-order valence-corrected chi connectivity index (χ4v) is 3.41. The van der Waals surface area contributed by atoms with Crippen molar-refractivity contribution in [1.82, 2.24) is 20.1 Å². The number of aryl methyl sites for hydroxylation is 1. The number of nitrogens with zero attached hydrogens (tertiary/aromatic N) is 3. The van der Waals surface area contributed by atoms with E-state index >= 15 is 0 Å². The fraction of sp³-hybridized carbons (Fsp3) is 0.409. The van der Waals surface area contributed by atoms with E-state index in [9.17, 15) is 9.59 Å². The molecule has 2 unspecified atom stereocenters. The molecule has 2 amide bonds. The van der Waals surface area contributed by atoms with Gasteiger partial charge in [0.05, 0.1) is 12.0 Å². The smallest absolute Gasteiger partial charge is 0.226 e. The number of pyridine rings is 1. The molecule has 148 valence electrons. The zero-order chi connectivity index (χ0) is 20.1. The van der Waals surface area contributed by atoms with E-state index in [2.05, 4.69) is 10.3 Å². The Balaban J connectivity index is 1.73. The lowest BCUT2D eigenvalue weighted by atomic mass is 9.98. The summed E-state index contributed by atoms with van der Waals surface area (Å²) in [5.41, 5.74) is 3.09. The number of aromatic nitrogens is 1. The van der Waals surface area contributed by atoms with Gasteiger partial charge in [0.15, 0.2) is 0 Å². The van der Waals surface area contributed by atoms with Crippen LogP contribution >= 0.6 is 0 Å². The molecular weight excluding hydrogens is 352 g/mol. The molecule has 6 nitrogen and oxygen atoms in total. The summed E-state index contributed by atoms with van der Waals surface area (Å²) in [6.45, 7) is 3.96. The molecule has 0 bridgehead atoms. The van der Waals surface area contributed by atoms with Gasteiger partial charge in [-0.1, -0.05) is 35.9 Å². The Morgan fingerprint density at radius 3 is 2.64 bits per heavy atom. The molecule has 2 heterocycles. The second-order valence-corrected chi connectivity index (χ2v) is 7.68. The standard InChI is InChI=1S/C22H28N4O2/c1-16-6-8-17(9-7-16)21(18-5-4-10-23-14-18)24-22(28)19-13-20(27)26(15-19)12-11-25(2)3/h4-10,14,19,21H,11-13,15H2,1-3H3,(H,24,28). The molecule has 1 aromatic heterocycles. The van der Waals surface area contributed by atoms with Gasteiger partial charge in [0.2, 0.25) is 11.8 Å². The summed E-state index contributed by atoms with van der Waals surface area (Å²) in [6, 6.07) is 11.7. The highest BCUT2D eigenvalue weighted by molar-refractivity contribution is 5.89. The highest BCUT2D eigenvalue weighted by Crippen LogP contribution is 2.24. The first-order chi connectivity index (χ1) is 13.4. The molecule has 0 spiro atoms. The number of likely N-dealkylation sites (N-methyl/N-ethyl adjacent to an activating group) is 1. The van der Waals surface area contributed by atoms with E-state index in [0.717, 1.165) is 23.2 Å². The normalized spacial score (nSPS) is 17.8. The highest BCUT2D eigenvalue weighted by Gasteiger charge is 2.35. The van der Waals surface area contributed by atoms with Crippen LogP contribution in [0.2, 0.25) is 0 Å². The molecule has 0 aliphatic carbocycles. The molecule has 3 rings (SSSR count). The zero-order valence-corrected chi connectivity index (χ0v) is 16.8. The van der Waals surface area contributed by atoms with Gasteiger partial charge in [-0.15, -0.1) is 0 Å². The fourth-order valence-electron chi connectivity index (χ4n) is 3.41. The van der Waals surface area contributed by atoms with Crippen molar-refractivity contribution in [3.8, 4) is 0 Å². The van der Waals surface area contributed by atoms with Gasteiger partial charge in [-0.05, 0) is 38.2 Å². The molecule has 6 heteroatoms. The third-order valence-corrected chi connectivity index (χ3v) is 5.12. The Morgan fingerprint density at radius 1 is 1.25 bits per heavy atom. The average Bonchev–Trinajstić information content (AvgIpc) is 3.06. The summed E-state index contributed by atoms with van der Waals surface area (Å²) in [5, 5.41) is 3.15. The van der Waals surface area contributed by atoms with Crippen LogP contribution in [0.5, 0.6) is 0 Å². The molecule has 0 radical (unpaired) electrons. The monoisotopic (exact) mass is 380 g/mol. The summed E-state index contributed by atoms with van der Waals surface area (Å²) in [4.78, 5) is 33.3. The van der Waals surface area contributed by atoms with Crippen molar-refractivity contribution >= 4 is 11.8 Å². The van der Waals surface area contributed by atoms with Crippen LogP contribution in [0.3, 0.4) is 0 Å². The third-order valence-electron chi connectivity index (χ3n) is 5.12. The van der Waals surface area contributed by atoms with Crippen LogP contribution in [-0.4, -0.2) is 60.3 Å². The van der Waals surface area contributed by atoms with Gasteiger partial charge in [0.1, 0.15) is 0 Å². The number of hydrogen-bond acceptors (Lipinski definition) is 4. The first kappa shape index (κ1) is 20.0. The van der Waals surface area contributed by atoms with Crippen molar-refractivity contribution in [2.75, 3.05) is 33.7 Å². The molecule has 0 saturated carbocycles. The van der Waals surface area contributed by atoms with Crippen LogP contribution in [0.4, 0.5) is 0 Å². The SMILES string of the molecule is Cc1ccc(C(NC(=O)C2CC(=O)N(CCN(C)C)C2)c2cccnc2)cc1. The molecule has 1 aliphatic rings. The van der Waals surface area contributed by atoms with Crippen LogP contribution in [-0.2, 0) is 9.59 Å². The third kappa shape index (κ3) is 4.95. The van der Waals surface area contributed by atoms with Gasteiger partial charge in [0, 0.05) is 38.4 Å². The number of amides is 2. The number of carbonyl (C=O) groups is 2. The summed E-state index contributed by atoms with van der Waals surface area (Å²) >= 11 is 0. The maximum Gasteiger partial charge on any atom is 0.226 e. The van der Waals surface area contributed by atoms with Crippen molar-refractivity contribution in [2.45, 2.75) is 19.4 Å². The Bertz CT molecular complexity index is 805. The van der Waals surface area contributed by atoms with Crippen molar-refractivity contribution < 1.29 is 9.59 Å². The van der Waals surface area contributed by atoms with Crippen molar-refractivity contribution in [3.63, 3.8) is 0 Å². The molecule has 1 saturated heterocycles. The van der Waals surface area contributed by atoms with Crippen molar-refractivity contribution in [3.05, 3.63) is 65.5 Å². The minimum atomic E-state index is -0.320. The zero-order valence-electron chi connectivity index (χ0n) is 16.8. The minimum Gasteiger partial charge on any atom is -0.345 e. The quantitative estimate of drug-likeness (QED) is 0.798. The molecule has 28 heavy (non-hydrogen) atoms. The van der Waals surface area contributed by atoms with Gasteiger partial charge in [0.25, 0.3) is 0 Å². The predicted octanol–water partition coefficient (Wildman–Crippen LogP) is 2.01. The van der Waals surface area contributed by atoms with Crippen LogP contribution in [0.25, 0.3) is 0 Å². The highest BCUT2D eigenvalue weighted by atomic mass is 16.2. The predicted molar refractivity (Wildman–Crippen MR) is 109 cm³/mol. The maximum atomic E-state index is 13.0. The van der Waals surface area contributed by atoms with Gasteiger partial charge in [-0.25, -0.2) is 0 Å². The lowest BCUT2D eigenvalue weighted by molar-refractivity contribution is -0.129. The van der Waals surface area contributed by atoms with Crippen molar-refractivity contribution in [1.29, 1.82) is 0 Å². The van der Waals surface area contributed by atoms with Crippen LogP contribution in [0.1, 0.15) is 29.2 Å². The average molecular weight is 380 g/mol. The topological polar surface area (TPSA) is 65.5 Å². The van der Waals surface area contributed by atoms with Gasteiger partial charge < -0.3 is 15.1 Å². The van der Waals surface area contributed by atoms with E-state index in [-0.39, 0.29) is 30.2 Å². The molecular formula is C22H28N4O2. The molecule has 1 fully saturated rings. The van der Waals surface area contributed by atoms with Gasteiger partial charge in [-0.3, -0.25) is 14.6 Å². The van der Waals surface area contributed by atoms with E-state index in [0.29, 0.717) is 13.1 Å². The van der Waals surface area contributed by atoms with Gasteiger partial charge >= 0.3 is 0 Å². The molecule has 1 N–H and O–H groups in total. The minimum absolute atomic E-state index is 0.0512. The van der Waals surface area contributed by atoms with E-state index < -0.39 is 0 Å². The Hall–Kier alpha value is -2.73. The second-order valence-electron chi connectivity index (χ2n) is 7.68. The van der Waals surface area contributed by atoms with E-state index in [1.807, 2.05) is 62.3 Å². The summed E-state index contributed by atoms with van der Waals surface area (Å²) in [6.07, 6.45) is 3.76. The van der Waals surface area contributed by atoms with E-state index in [1.165, 1.54) is 0 Å². The number of benzene rings is 1. The summed E-state index contributed by atoms with van der Waals surface area (Å²) in [7, 11) is 3.95. The van der Waals surface area contributed by atoms with E-state index in [1.54, 1.807) is 17.3 Å². The van der Waals surface area contributed by atoms with Crippen LogP contribution < -0.4 is 5.32 Å². The van der Waals surface area contributed by atoms with Gasteiger partial charge in [-0.2, -0.15) is 0 Å². The largest absolute Gasteiger partial charge is 0.345 e. The summed E-state index contributed by atoms with van der Waals surface area (Å²) < 4.78 is 0. The first-order valence-corrected chi connectivity index (χ1v) is 9.63. The Kier molecular flexibility index (Phi) is 6.41. The molecule has 2 atom stereocenters. The van der Waals surface area contributed by atoms with E-state index in [4.69, 9.17) is 0 Å². The molecule has 2 aromatic rings. The second kappa shape index (κ2) is 8.97. The number of carbonyl (C=O) groups excluding carboxylic acids is 2. The van der Waals surface area contributed by atoms with Crippen LogP contribution in [0, 0.1) is 12.8 Å². The first-order valence-electron chi connectivity index (χ1n) is 9.63.